The molecular formula is C11H8ClFN4O3S. The Morgan fingerprint density at radius 3 is 2.95 bits per heavy atom. The first kappa shape index (κ1) is 14.1. The summed E-state index contributed by atoms with van der Waals surface area (Å²) in [6.07, 6.45) is 1.16. The molecule has 2 aromatic heterocycles. The lowest BCUT2D eigenvalue weighted by Crippen LogP contribution is -2.32. The van der Waals surface area contributed by atoms with E-state index in [1.807, 2.05) is 0 Å². The lowest BCUT2D eigenvalue weighted by molar-refractivity contribution is 0.0695. The zero-order valence-electron chi connectivity index (χ0n) is 10.3. The van der Waals surface area contributed by atoms with E-state index in [-0.39, 0.29) is 16.2 Å². The topological polar surface area (TPSA) is 87.5 Å². The summed E-state index contributed by atoms with van der Waals surface area (Å²) in [5, 5.41) is 11.6. The van der Waals surface area contributed by atoms with Crippen LogP contribution in [0.25, 0.3) is 11.0 Å². The first-order chi connectivity index (χ1) is 9.99. The minimum absolute atomic E-state index is 0.104. The van der Waals surface area contributed by atoms with Crippen molar-refractivity contribution in [2.75, 3.05) is 17.0 Å². The van der Waals surface area contributed by atoms with E-state index in [4.69, 9.17) is 16.7 Å². The second kappa shape index (κ2) is 5.17. The molecule has 0 saturated carbocycles. The van der Waals surface area contributed by atoms with Gasteiger partial charge >= 0.3 is 5.97 Å². The molecule has 0 amide bonds. The van der Waals surface area contributed by atoms with Crippen molar-refractivity contribution in [1.82, 2.24) is 15.0 Å². The first-order valence-electron chi connectivity index (χ1n) is 5.75. The van der Waals surface area contributed by atoms with Crippen molar-refractivity contribution in [3.8, 4) is 0 Å². The normalized spacial score (nSPS) is 14.9. The van der Waals surface area contributed by atoms with E-state index in [0.717, 1.165) is 12.3 Å². The van der Waals surface area contributed by atoms with Crippen LogP contribution in [0.3, 0.4) is 0 Å². The molecule has 10 heteroatoms. The Bertz CT molecular complexity index is 806. The molecule has 0 radical (unpaired) electrons. The molecule has 1 fully saturated rings. The van der Waals surface area contributed by atoms with Crippen molar-refractivity contribution in [2.45, 2.75) is 0 Å². The van der Waals surface area contributed by atoms with Crippen molar-refractivity contribution < 1.29 is 14.3 Å². The lowest BCUT2D eigenvalue weighted by Gasteiger charge is -2.20. The van der Waals surface area contributed by atoms with Gasteiger partial charge in [0, 0.05) is 6.20 Å². The number of carboxylic acids is 1. The van der Waals surface area contributed by atoms with Crippen LogP contribution in [0.2, 0.25) is 5.15 Å². The highest BCUT2D eigenvalue weighted by atomic mass is 35.5. The summed E-state index contributed by atoms with van der Waals surface area (Å²) in [5.74, 6) is -1.64. The highest BCUT2D eigenvalue weighted by Gasteiger charge is 2.22. The number of aromatic carboxylic acids is 1. The van der Waals surface area contributed by atoms with Gasteiger partial charge < -0.3 is 5.11 Å². The van der Waals surface area contributed by atoms with E-state index in [0.29, 0.717) is 12.5 Å². The molecule has 0 aliphatic carbocycles. The summed E-state index contributed by atoms with van der Waals surface area (Å²) in [6, 6.07) is 0.907. The number of carboxylic acid groups (broad SMARTS) is 1. The van der Waals surface area contributed by atoms with Gasteiger partial charge in [-0.25, -0.2) is 23.3 Å². The van der Waals surface area contributed by atoms with Gasteiger partial charge in [-0.05, 0) is 18.0 Å². The number of nitrogens with one attached hydrogen (secondary N) is 1. The molecule has 0 bridgehead atoms. The molecular weight excluding hydrogens is 323 g/mol. The zero-order chi connectivity index (χ0) is 15.1. The smallest absolute Gasteiger partial charge is 0.341 e. The Balaban J connectivity index is 2.38. The van der Waals surface area contributed by atoms with Crippen LogP contribution in [0.15, 0.2) is 17.1 Å². The summed E-state index contributed by atoms with van der Waals surface area (Å²) in [7, 11) is 0. The van der Waals surface area contributed by atoms with Crippen molar-refractivity contribution in [3.05, 3.63) is 39.0 Å². The van der Waals surface area contributed by atoms with Crippen LogP contribution in [-0.2, 0) is 0 Å². The third-order valence-corrected chi connectivity index (χ3v) is 4.11. The molecule has 110 valence electrons. The van der Waals surface area contributed by atoms with Gasteiger partial charge in [0.25, 0.3) is 0 Å². The Morgan fingerprint density at radius 2 is 2.33 bits per heavy atom. The Kier molecular flexibility index (Phi) is 3.47. The van der Waals surface area contributed by atoms with E-state index >= 15 is 0 Å². The predicted molar refractivity (Wildman–Crippen MR) is 76.6 cm³/mol. The molecule has 2 aromatic rings. The predicted octanol–water partition coefficient (Wildman–Crippen LogP) is 0.992. The minimum atomic E-state index is -1.39. The van der Waals surface area contributed by atoms with Gasteiger partial charge in [-0.1, -0.05) is 11.6 Å². The Morgan fingerprint density at radius 1 is 1.57 bits per heavy atom. The Labute approximate surface area is 126 Å². The molecule has 0 unspecified atom stereocenters. The van der Waals surface area contributed by atoms with Gasteiger partial charge in [0.15, 0.2) is 16.6 Å². The van der Waals surface area contributed by atoms with E-state index in [1.54, 1.807) is 4.41 Å². The molecule has 1 saturated heterocycles. The van der Waals surface area contributed by atoms with Crippen LogP contribution in [0.1, 0.15) is 10.4 Å². The van der Waals surface area contributed by atoms with Crippen molar-refractivity contribution in [2.24, 2.45) is 0 Å². The number of hydrogen-bond donors (Lipinski definition) is 2. The van der Waals surface area contributed by atoms with Gasteiger partial charge in [0.1, 0.15) is 5.56 Å². The van der Waals surface area contributed by atoms with Crippen LogP contribution in [0.4, 0.5) is 4.39 Å². The van der Waals surface area contributed by atoms with Gasteiger partial charge in [-0.15, -0.1) is 0 Å². The van der Waals surface area contributed by atoms with Gasteiger partial charge in [-0.2, -0.15) is 0 Å². The third-order valence-electron chi connectivity index (χ3n) is 2.90. The summed E-state index contributed by atoms with van der Waals surface area (Å²) in [5.41, 5.74) is -1.15. The second-order valence-electron chi connectivity index (χ2n) is 4.19. The number of halogens is 2. The minimum Gasteiger partial charge on any atom is -0.477 e. The molecule has 0 atom stereocenters. The quantitative estimate of drug-likeness (QED) is 0.627. The number of carbonyl (C=O) groups is 1. The first-order valence-corrected chi connectivity index (χ1v) is 7.07. The van der Waals surface area contributed by atoms with Crippen molar-refractivity contribution >= 4 is 40.6 Å². The van der Waals surface area contributed by atoms with Gasteiger partial charge in [0.05, 0.1) is 17.9 Å². The molecule has 0 aromatic carbocycles. The largest absolute Gasteiger partial charge is 0.477 e. The van der Waals surface area contributed by atoms with Gasteiger partial charge in [-0.3, -0.25) is 10.1 Å². The fourth-order valence-electron chi connectivity index (χ4n) is 1.95. The van der Waals surface area contributed by atoms with Crippen LogP contribution < -0.4 is 15.2 Å². The molecule has 21 heavy (non-hydrogen) atoms. The SMILES string of the molecule is O=C(O)c1cn(N2CNCS2)c2nc(Cl)c(F)cc2c1=O. The fourth-order valence-corrected chi connectivity index (χ4v) is 2.85. The average Bonchev–Trinajstić information content (AvgIpc) is 2.95. The lowest BCUT2D eigenvalue weighted by atomic mass is 10.2. The standard InChI is InChI=1S/C11H8ClFN4O3S/c12-9-7(13)1-5-8(18)6(11(19)20)2-16(10(5)15-9)17-3-14-4-21-17/h1-2,14H,3-4H2,(H,19,20). The molecule has 1 aliphatic rings. The van der Waals surface area contributed by atoms with Gasteiger partial charge in [0.2, 0.25) is 5.43 Å². The van der Waals surface area contributed by atoms with Crippen LogP contribution in [-0.4, -0.2) is 33.3 Å². The fraction of sp³-hybridized carbons (Fsp3) is 0.182. The molecule has 1 aliphatic heterocycles. The molecule has 7 nitrogen and oxygen atoms in total. The van der Waals surface area contributed by atoms with Crippen LogP contribution >= 0.6 is 23.5 Å². The zero-order valence-corrected chi connectivity index (χ0v) is 11.9. The average molecular weight is 331 g/mol. The van der Waals surface area contributed by atoms with Crippen LogP contribution in [0.5, 0.6) is 0 Å². The Hall–Kier alpha value is -1.84. The van der Waals surface area contributed by atoms with E-state index in [9.17, 15) is 14.0 Å². The maximum atomic E-state index is 13.5. The maximum absolute atomic E-state index is 13.5. The second-order valence-corrected chi connectivity index (χ2v) is 5.51. The number of aromatic nitrogens is 2. The molecule has 3 rings (SSSR count). The molecule has 3 heterocycles. The number of hydrogen-bond acceptors (Lipinski definition) is 6. The highest BCUT2D eigenvalue weighted by molar-refractivity contribution is 8.00. The summed E-state index contributed by atoms with van der Waals surface area (Å²) < 4.78 is 16.6. The number of nitrogens with zero attached hydrogens (tertiary/aromatic N) is 3. The number of pyridine rings is 2. The molecule has 2 N–H and O–H groups in total. The van der Waals surface area contributed by atoms with E-state index < -0.39 is 22.8 Å². The number of rotatable bonds is 2. The van der Waals surface area contributed by atoms with Crippen molar-refractivity contribution in [3.63, 3.8) is 0 Å². The third kappa shape index (κ3) is 2.33. The highest BCUT2D eigenvalue weighted by Crippen LogP contribution is 2.21. The van der Waals surface area contributed by atoms with E-state index in [1.165, 1.54) is 16.6 Å². The van der Waals surface area contributed by atoms with Crippen molar-refractivity contribution in [1.29, 1.82) is 0 Å². The molecule has 0 spiro atoms. The summed E-state index contributed by atoms with van der Waals surface area (Å²) in [6.45, 7) is 0.415. The summed E-state index contributed by atoms with van der Waals surface area (Å²) >= 11 is 7.02. The number of fused-ring (bicyclic) bond motifs is 1. The maximum Gasteiger partial charge on any atom is 0.341 e. The van der Waals surface area contributed by atoms with E-state index in [2.05, 4.69) is 10.3 Å². The summed E-state index contributed by atoms with van der Waals surface area (Å²) in [4.78, 5) is 27.2. The van der Waals surface area contributed by atoms with Crippen LogP contribution in [0, 0.1) is 5.82 Å². The monoisotopic (exact) mass is 330 g/mol.